The Morgan fingerprint density at radius 1 is 0.750 bits per heavy atom. The van der Waals surface area contributed by atoms with Gasteiger partial charge < -0.3 is 9.47 Å². The van der Waals surface area contributed by atoms with Crippen LogP contribution in [0.1, 0.15) is 69.4 Å². The van der Waals surface area contributed by atoms with Crippen LogP contribution in [-0.4, -0.2) is 12.8 Å². The Hall–Kier alpha value is -2.29. The van der Waals surface area contributed by atoms with Gasteiger partial charge >= 0.3 is 6.16 Å². The molecule has 2 aromatic rings. The number of hydrogen-bond acceptors (Lipinski definition) is 3. The van der Waals surface area contributed by atoms with Crippen LogP contribution < -0.4 is 4.74 Å². The molecule has 0 bridgehead atoms. The number of ether oxygens (including phenoxy) is 2. The van der Waals surface area contributed by atoms with E-state index < -0.39 is 6.16 Å². The number of para-hydroxylation sites is 1. The summed E-state index contributed by atoms with van der Waals surface area (Å²) in [6.45, 7) is 2.62. The molecule has 0 amide bonds. The number of rotatable bonds is 13. The average Bonchev–Trinajstić information content (AvgIpc) is 2.72. The second-order valence-electron chi connectivity index (χ2n) is 7.27. The fourth-order valence-corrected chi connectivity index (χ4v) is 3.26. The summed E-state index contributed by atoms with van der Waals surface area (Å²) >= 11 is 0. The maximum Gasteiger partial charge on any atom is 0.513 e. The summed E-state index contributed by atoms with van der Waals surface area (Å²) in [5, 5.41) is 0. The first-order valence-electron chi connectivity index (χ1n) is 10.8. The van der Waals surface area contributed by atoms with Crippen LogP contribution in [0.5, 0.6) is 5.75 Å². The smallest absolute Gasteiger partial charge is 0.434 e. The van der Waals surface area contributed by atoms with Crippen LogP contribution in [0.25, 0.3) is 0 Å². The molecule has 0 heterocycles. The average molecular weight is 383 g/mol. The molecular formula is C25H34O3. The SMILES string of the molecule is CCCCCCc1ccccc1OC(=O)OCCCCCCc1ccccc1. The van der Waals surface area contributed by atoms with Gasteiger partial charge in [-0.2, -0.15) is 0 Å². The van der Waals surface area contributed by atoms with Gasteiger partial charge in [-0.05, 0) is 49.3 Å². The topological polar surface area (TPSA) is 35.5 Å². The summed E-state index contributed by atoms with van der Waals surface area (Å²) < 4.78 is 10.7. The van der Waals surface area contributed by atoms with Crippen molar-refractivity contribution in [3.8, 4) is 5.75 Å². The first-order chi connectivity index (χ1) is 13.8. The normalized spacial score (nSPS) is 10.6. The number of carbonyl (C=O) groups excluding carboxylic acids is 1. The molecule has 28 heavy (non-hydrogen) atoms. The molecule has 152 valence electrons. The molecule has 2 aromatic carbocycles. The molecule has 3 nitrogen and oxygen atoms in total. The van der Waals surface area contributed by atoms with E-state index in [1.807, 2.05) is 30.3 Å². The van der Waals surface area contributed by atoms with Gasteiger partial charge in [-0.3, -0.25) is 0 Å². The molecule has 0 spiro atoms. The summed E-state index contributed by atoms with van der Waals surface area (Å²) in [6.07, 6.45) is 10.5. The molecule has 0 atom stereocenters. The molecule has 0 aliphatic carbocycles. The Balaban J connectivity index is 1.58. The molecule has 0 aromatic heterocycles. The highest BCUT2D eigenvalue weighted by molar-refractivity contribution is 5.64. The van der Waals surface area contributed by atoms with Crippen molar-refractivity contribution in [1.29, 1.82) is 0 Å². The highest BCUT2D eigenvalue weighted by atomic mass is 16.7. The number of carbonyl (C=O) groups is 1. The molecule has 0 saturated heterocycles. The van der Waals surface area contributed by atoms with E-state index in [9.17, 15) is 4.79 Å². The Labute approximate surface area is 170 Å². The summed E-state index contributed by atoms with van der Waals surface area (Å²) in [7, 11) is 0. The molecule has 0 N–H and O–H groups in total. The van der Waals surface area contributed by atoms with Crippen molar-refractivity contribution in [1.82, 2.24) is 0 Å². The zero-order valence-corrected chi connectivity index (χ0v) is 17.2. The minimum Gasteiger partial charge on any atom is -0.434 e. The van der Waals surface area contributed by atoms with Gasteiger partial charge in [-0.1, -0.05) is 87.6 Å². The third-order valence-corrected chi connectivity index (χ3v) is 4.89. The molecule has 0 fully saturated rings. The fraction of sp³-hybridized carbons (Fsp3) is 0.480. The lowest BCUT2D eigenvalue weighted by Gasteiger charge is -2.10. The van der Waals surface area contributed by atoms with E-state index in [-0.39, 0.29) is 0 Å². The minimum absolute atomic E-state index is 0.419. The Bertz CT molecular complexity index is 667. The van der Waals surface area contributed by atoms with Gasteiger partial charge in [0, 0.05) is 0 Å². The maximum atomic E-state index is 12.0. The Kier molecular flexibility index (Phi) is 10.9. The van der Waals surface area contributed by atoms with Gasteiger partial charge in [-0.15, -0.1) is 0 Å². The zero-order valence-electron chi connectivity index (χ0n) is 17.2. The van der Waals surface area contributed by atoms with Crippen LogP contribution in [0, 0.1) is 0 Å². The number of aryl methyl sites for hydroxylation is 2. The molecular weight excluding hydrogens is 348 g/mol. The van der Waals surface area contributed by atoms with E-state index in [4.69, 9.17) is 9.47 Å². The van der Waals surface area contributed by atoms with Crippen LogP contribution in [0.4, 0.5) is 4.79 Å². The quantitative estimate of drug-likeness (QED) is 0.210. The molecule has 0 aliphatic heterocycles. The third-order valence-electron chi connectivity index (χ3n) is 4.89. The van der Waals surface area contributed by atoms with Crippen LogP contribution in [0.3, 0.4) is 0 Å². The molecule has 0 radical (unpaired) electrons. The van der Waals surface area contributed by atoms with Crippen molar-refractivity contribution < 1.29 is 14.3 Å². The van der Waals surface area contributed by atoms with Crippen molar-refractivity contribution in [2.75, 3.05) is 6.61 Å². The lowest BCUT2D eigenvalue weighted by atomic mass is 10.1. The van der Waals surface area contributed by atoms with E-state index in [1.54, 1.807) is 0 Å². The number of unbranched alkanes of at least 4 members (excludes halogenated alkanes) is 6. The molecule has 0 saturated carbocycles. The number of benzene rings is 2. The van der Waals surface area contributed by atoms with Crippen LogP contribution >= 0.6 is 0 Å². The van der Waals surface area contributed by atoms with Crippen molar-refractivity contribution in [3.05, 3.63) is 65.7 Å². The summed E-state index contributed by atoms with van der Waals surface area (Å²) in [5.74, 6) is 0.631. The van der Waals surface area contributed by atoms with Crippen LogP contribution in [0.15, 0.2) is 54.6 Å². The van der Waals surface area contributed by atoms with E-state index in [1.165, 1.54) is 31.2 Å². The number of hydrogen-bond donors (Lipinski definition) is 0. The van der Waals surface area contributed by atoms with Crippen molar-refractivity contribution in [2.24, 2.45) is 0 Å². The van der Waals surface area contributed by atoms with Gasteiger partial charge in [0.05, 0.1) is 6.61 Å². The molecule has 2 rings (SSSR count). The minimum atomic E-state index is -0.592. The predicted octanol–water partition coefficient (Wildman–Crippen LogP) is 7.13. The lowest BCUT2D eigenvalue weighted by molar-refractivity contribution is 0.0969. The maximum absolute atomic E-state index is 12.0. The van der Waals surface area contributed by atoms with Crippen LogP contribution in [0.2, 0.25) is 0 Å². The van der Waals surface area contributed by atoms with Crippen molar-refractivity contribution in [2.45, 2.75) is 71.1 Å². The summed E-state index contributed by atoms with van der Waals surface area (Å²) in [4.78, 5) is 12.0. The summed E-state index contributed by atoms with van der Waals surface area (Å²) in [6, 6.07) is 18.3. The van der Waals surface area contributed by atoms with E-state index in [2.05, 4.69) is 31.2 Å². The van der Waals surface area contributed by atoms with Crippen molar-refractivity contribution in [3.63, 3.8) is 0 Å². The monoisotopic (exact) mass is 382 g/mol. The molecule has 3 heteroatoms. The van der Waals surface area contributed by atoms with E-state index >= 15 is 0 Å². The zero-order chi connectivity index (χ0) is 19.9. The predicted molar refractivity (Wildman–Crippen MR) is 115 cm³/mol. The Morgan fingerprint density at radius 2 is 1.43 bits per heavy atom. The second kappa shape index (κ2) is 13.8. The standard InChI is InChI=1S/C25H34O3/c1-2-3-4-11-18-23-19-12-13-20-24(23)28-25(26)27-21-14-6-5-8-15-22-16-9-7-10-17-22/h7,9-10,12-13,16-17,19-20H,2-6,8,11,14-15,18,21H2,1H3. The lowest BCUT2D eigenvalue weighted by Crippen LogP contribution is -2.12. The second-order valence-corrected chi connectivity index (χ2v) is 7.27. The van der Waals surface area contributed by atoms with Gasteiger partial charge in [0.15, 0.2) is 0 Å². The van der Waals surface area contributed by atoms with E-state index in [0.717, 1.165) is 44.1 Å². The van der Waals surface area contributed by atoms with Gasteiger partial charge in [-0.25, -0.2) is 4.79 Å². The third kappa shape index (κ3) is 9.07. The van der Waals surface area contributed by atoms with Gasteiger partial charge in [0.1, 0.15) is 5.75 Å². The van der Waals surface area contributed by atoms with E-state index in [0.29, 0.717) is 12.4 Å². The van der Waals surface area contributed by atoms with Gasteiger partial charge in [0.25, 0.3) is 0 Å². The molecule has 0 aliphatic rings. The fourth-order valence-electron chi connectivity index (χ4n) is 3.26. The first kappa shape index (κ1) is 22.0. The molecule has 0 unspecified atom stereocenters. The largest absolute Gasteiger partial charge is 0.513 e. The Morgan fingerprint density at radius 3 is 2.25 bits per heavy atom. The highest BCUT2D eigenvalue weighted by Gasteiger charge is 2.10. The van der Waals surface area contributed by atoms with Crippen molar-refractivity contribution >= 4 is 6.16 Å². The first-order valence-corrected chi connectivity index (χ1v) is 10.8. The van der Waals surface area contributed by atoms with Gasteiger partial charge in [0.2, 0.25) is 0 Å². The van der Waals surface area contributed by atoms with Crippen LogP contribution in [-0.2, 0) is 17.6 Å². The summed E-state index contributed by atoms with van der Waals surface area (Å²) in [5.41, 5.74) is 2.46. The highest BCUT2D eigenvalue weighted by Crippen LogP contribution is 2.21.